The Kier molecular flexibility index (Phi) is 5.00. The Hall–Kier alpha value is -3.35. The summed E-state index contributed by atoms with van der Waals surface area (Å²) in [6, 6.07) is 9.94. The quantitative estimate of drug-likeness (QED) is 0.632. The van der Waals surface area contributed by atoms with Crippen LogP contribution in [0.2, 0.25) is 0 Å². The number of rotatable bonds is 2. The lowest BCUT2D eigenvalue weighted by atomic mass is 9.86. The second kappa shape index (κ2) is 7.41. The molecule has 2 heterocycles. The molecule has 31 heavy (non-hydrogen) atoms. The number of nitrogens with one attached hydrogen (secondary N) is 1. The minimum atomic E-state index is -0.717. The molecule has 0 aliphatic carbocycles. The summed E-state index contributed by atoms with van der Waals surface area (Å²) in [5, 5.41) is 0.529. The molecule has 2 amide bonds. The van der Waals surface area contributed by atoms with Crippen LogP contribution in [0.25, 0.3) is 10.9 Å². The van der Waals surface area contributed by atoms with Gasteiger partial charge in [0.15, 0.2) is 0 Å². The Bertz CT molecular complexity index is 1190. The highest BCUT2D eigenvalue weighted by molar-refractivity contribution is 6.06. The predicted molar refractivity (Wildman–Crippen MR) is 116 cm³/mol. The van der Waals surface area contributed by atoms with E-state index in [2.05, 4.69) is 4.98 Å². The molecule has 0 spiro atoms. The van der Waals surface area contributed by atoms with Gasteiger partial charge in [-0.3, -0.25) is 9.69 Å². The maximum absolute atomic E-state index is 15.6. The second-order valence-electron chi connectivity index (χ2n) is 8.95. The maximum Gasteiger partial charge on any atom is 0.411 e. The normalized spacial score (nSPS) is 16.3. The van der Waals surface area contributed by atoms with Crippen LogP contribution in [0.5, 0.6) is 0 Å². The van der Waals surface area contributed by atoms with Gasteiger partial charge >= 0.3 is 6.09 Å². The van der Waals surface area contributed by atoms with Crippen molar-refractivity contribution in [1.29, 1.82) is 0 Å². The molecule has 1 unspecified atom stereocenters. The van der Waals surface area contributed by atoms with Crippen LogP contribution < -0.4 is 5.73 Å². The average Bonchev–Trinajstić information content (AvgIpc) is 3.06. The van der Waals surface area contributed by atoms with Crippen molar-refractivity contribution in [3.05, 3.63) is 70.2 Å². The van der Waals surface area contributed by atoms with Gasteiger partial charge in [-0.2, -0.15) is 0 Å². The number of hydrogen-bond acceptors (Lipinski definition) is 3. The molecular weight excluding hydrogens is 397 g/mol. The Morgan fingerprint density at radius 2 is 1.94 bits per heavy atom. The summed E-state index contributed by atoms with van der Waals surface area (Å²) in [6.07, 6.45) is 0.133. The molecule has 0 radical (unpaired) electrons. The molecule has 7 heteroatoms. The van der Waals surface area contributed by atoms with Crippen LogP contribution in [-0.2, 0) is 11.2 Å². The first kappa shape index (κ1) is 20.9. The first-order valence-corrected chi connectivity index (χ1v) is 10.3. The molecule has 1 atom stereocenters. The number of carbonyl (C=O) groups excluding carboxylic acids is 2. The molecule has 0 fully saturated rings. The topological polar surface area (TPSA) is 88.4 Å². The number of hydrogen-bond donors (Lipinski definition) is 2. The van der Waals surface area contributed by atoms with Gasteiger partial charge in [0.25, 0.3) is 5.91 Å². The van der Waals surface area contributed by atoms with E-state index in [0.29, 0.717) is 29.4 Å². The number of H-pyrrole nitrogens is 1. The fourth-order valence-electron chi connectivity index (χ4n) is 4.29. The molecule has 3 N–H and O–H groups in total. The molecule has 0 bridgehead atoms. The Balaban J connectivity index is 1.97. The molecule has 0 saturated carbocycles. The number of halogens is 1. The summed E-state index contributed by atoms with van der Waals surface area (Å²) < 4.78 is 21.2. The Labute approximate surface area is 180 Å². The molecule has 3 aromatic rings. The third-order valence-corrected chi connectivity index (χ3v) is 5.49. The minimum absolute atomic E-state index is 0.0808. The SMILES string of the molecule is Cc1cc2c(C3c4ccccc4CCN3C(=O)OC(C)(C)C)c(F)cc(C(N)=O)c2[nH]1. The van der Waals surface area contributed by atoms with E-state index in [1.165, 1.54) is 0 Å². The van der Waals surface area contributed by atoms with Crippen LogP contribution in [0.4, 0.5) is 9.18 Å². The van der Waals surface area contributed by atoms with E-state index >= 15 is 4.39 Å². The summed E-state index contributed by atoms with van der Waals surface area (Å²) in [5.41, 5.74) is 8.33. The van der Waals surface area contributed by atoms with Crippen molar-refractivity contribution in [3.63, 3.8) is 0 Å². The Morgan fingerprint density at radius 3 is 2.61 bits per heavy atom. The van der Waals surface area contributed by atoms with Crippen molar-refractivity contribution in [3.8, 4) is 0 Å². The zero-order chi connectivity index (χ0) is 22.5. The number of carbonyl (C=O) groups is 2. The van der Waals surface area contributed by atoms with Crippen molar-refractivity contribution in [2.45, 2.75) is 45.8 Å². The highest BCUT2D eigenvalue weighted by Crippen LogP contribution is 2.41. The van der Waals surface area contributed by atoms with Gasteiger partial charge in [0.05, 0.1) is 17.1 Å². The largest absolute Gasteiger partial charge is 0.444 e. The van der Waals surface area contributed by atoms with Crippen LogP contribution in [0, 0.1) is 12.7 Å². The van der Waals surface area contributed by atoms with Crippen molar-refractivity contribution < 1.29 is 18.7 Å². The van der Waals surface area contributed by atoms with E-state index < -0.39 is 29.5 Å². The van der Waals surface area contributed by atoms with Gasteiger partial charge in [0, 0.05) is 23.2 Å². The van der Waals surface area contributed by atoms with Crippen LogP contribution >= 0.6 is 0 Å². The number of fused-ring (bicyclic) bond motifs is 2. The number of nitrogens with zero attached hydrogens (tertiary/aromatic N) is 1. The van der Waals surface area contributed by atoms with Gasteiger partial charge in [0.2, 0.25) is 0 Å². The molecule has 6 nitrogen and oxygen atoms in total. The first-order valence-electron chi connectivity index (χ1n) is 10.3. The predicted octanol–water partition coefficient (Wildman–Crippen LogP) is 4.60. The van der Waals surface area contributed by atoms with E-state index in [4.69, 9.17) is 10.5 Å². The molecular formula is C24H26FN3O3. The third-order valence-electron chi connectivity index (χ3n) is 5.49. The van der Waals surface area contributed by atoms with Crippen molar-refractivity contribution in [2.75, 3.05) is 6.54 Å². The summed E-state index contributed by atoms with van der Waals surface area (Å²) in [7, 11) is 0. The Morgan fingerprint density at radius 1 is 1.23 bits per heavy atom. The number of ether oxygens (including phenoxy) is 1. The summed E-state index contributed by atoms with van der Waals surface area (Å²) in [4.78, 5) is 29.8. The summed E-state index contributed by atoms with van der Waals surface area (Å²) in [6.45, 7) is 7.61. The standard InChI is InChI=1S/C24H26FN3O3/c1-13-11-16-19(18(25)12-17(22(26)29)20(16)27-13)21-15-8-6-5-7-14(15)9-10-28(21)23(30)31-24(2,3)4/h5-8,11-12,21,27H,9-10H2,1-4H3,(H2,26,29). The summed E-state index contributed by atoms with van der Waals surface area (Å²) >= 11 is 0. The van der Waals surface area contributed by atoms with Crippen molar-refractivity contribution in [1.82, 2.24) is 9.88 Å². The van der Waals surface area contributed by atoms with E-state index in [1.54, 1.807) is 31.7 Å². The number of aromatic nitrogens is 1. The van der Waals surface area contributed by atoms with Gasteiger partial charge in [-0.05, 0) is 57.4 Å². The van der Waals surface area contributed by atoms with E-state index in [9.17, 15) is 9.59 Å². The zero-order valence-electron chi connectivity index (χ0n) is 18.1. The number of aryl methyl sites for hydroxylation is 1. The number of primary amides is 1. The first-order chi connectivity index (χ1) is 14.6. The number of amides is 2. The summed E-state index contributed by atoms with van der Waals surface area (Å²) in [5.74, 6) is -1.30. The zero-order valence-corrected chi connectivity index (χ0v) is 18.1. The van der Waals surface area contributed by atoms with E-state index in [-0.39, 0.29) is 5.56 Å². The van der Waals surface area contributed by atoms with Gasteiger partial charge in [-0.1, -0.05) is 24.3 Å². The molecule has 4 rings (SSSR count). The van der Waals surface area contributed by atoms with Crippen LogP contribution in [0.3, 0.4) is 0 Å². The molecule has 162 valence electrons. The molecule has 1 aromatic heterocycles. The van der Waals surface area contributed by atoms with Crippen LogP contribution in [-0.4, -0.2) is 34.0 Å². The van der Waals surface area contributed by atoms with Gasteiger partial charge in [-0.25, -0.2) is 9.18 Å². The average molecular weight is 423 g/mol. The van der Waals surface area contributed by atoms with Gasteiger partial charge in [-0.15, -0.1) is 0 Å². The number of aromatic amines is 1. The molecule has 1 aliphatic heterocycles. The van der Waals surface area contributed by atoms with Crippen molar-refractivity contribution >= 4 is 22.9 Å². The monoisotopic (exact) mass is 423 g/mol. The van der Waals surface area contributed by atoms with Crippen molar-refractivity contribution in [2.24, 2.45) is 5.73 Å². The van der Waals surface area contributed by atoms with E-state index in [0.717, 1.165) is 22.9 Å². The fourth-order valence-corrected chi connectivity index (χ4v) is 4.29. The molecule has 1 aliphatic rings. The highest BCUT2D eigenvalue weighted by atomic mass is 19.1. The lowest BCUT2D eigenvalue weighted by Gasteiger charge is -2.38. The number of benzene rings is 2. The van der Waals surface area contributed by atoms with Crippen LogP contribution in [0.1, 0.15) is 59.6 Å². The molecule has 2 aromatic carbocycles. The third kappa shape index (κ3) is 3.76. The van der Waals surface area contributed by atoms with E-state index in [1.807, 2.05) is 31.2 Å². The second-order valence-corrected chi connectivity index (χ2v) is 8.95. The smallest absolute Gasteiger partial charge is 0.411 e. The maximum atomic E-state index is 15.6. The lowest BCUT2D eigenvalue weighted by Crippen LogP contribution is -2.43. The fraction of sp³-hybridized carbons (Fsp3) is 0.333. The molecule has 0 saturated heterocycles. The highest BCUT2D eigenvalue weighted by Gasteiger charge is 2.37. The van der Waals surface area contributed by atoms with Gasteiger partial charge in [0.1, 0.15) is 11.4 Å². The lowest BCUT2D eigenvalue weighted by molar-refractivity contribution is 0.0177. The van der Waals surface area contributed by atoms with Crippen LogP contribution in [0.15, 0.2) is 36.4 Å². The van der Waals surface area contributed by atoms with Gasteiger partial charge < -0.3 is 15.5 Å². The minimum Gasteiger partial charge on any atom is -0.444 e. The number of nitrogens with two attached hydrogens (primary N) is 1.